The number of nitrogens with zero attached hydrogens (tertiary/aromatic N) is 1. The number of nitrogen functional groups attached to an aromatic ring is 1. The van der Waals surface area contributed by atoms with E-state index < -0.39 is 0 Å². The first kappa shape index (κ1) is 10.1. The van der Waals surface area contributed by atoms with E-state index in [-0.39, 0.29) is 0 Å². The molecule has 0 aliphatic carbocycles. The maximum atomic E-state index is 5.89. The van der Waals surface area contributed by atoms with Crippen LogP contribution in [-0.2, 0) is 0 Å². The Morgan fingerprint density at radius 3 is 2.71 bits per heavy atom. The van der Waals surface area contributed by atoms with Gasteiger partial charge in [0, 0.05) is 11.6 Å². The number of hydrogen-bond donors (Lipinski definition) is 1. The Morgan fingerprint density at radius 1 is 1.36 bits per heavy atom. The zero-order valence-electron chi connectivity index (χ0n) is 7.87. The van der Waals surface area contributed by atoms with E-state index in [9.17, 15) is 0 Å². The van der Waals surface area contributed by atoms with Crippen molar-refractivity contribution in [3.8, 4) is 0 Å². The zero-order valence-corrected chi connectivity index (χ0v) is 9.44. The summed E-state index contributed by atoms with van der Waals surface area (Å²) >= 11 is 7.91. The third-order valence-electron chi connectivity index (χ3n) is 2.54. The third kappa shape index (κ3) is 2.15. The monoisotopic (exact) mass is 228 g/mol. The molecule has 0 bridgehead atoms. The highest BCUT2D eigenvalue weighted by Crippen LogP contribution is 2.31. The number of halogens is 1. The molecule has 2 nitrogen and oxygen atoms in total. The summed E-state index contributed by atoms with van der Waals surface area (Å²) in [6.45, 7) is 0. The fourth-order valence-corrected chi connectivity index (χ4v) is 2.95. The second-order valence-corrected chi connectivity index (χ2v) is 5.09. The standard InChI is InChI=1S/C10H13ClN2S/c11-10-8(12)1-2-9(13-10)7-3-5-14-6-4-7/h1-2,7H,3-6,12H2. The summed E-state index contributed by atoms with van der Waals surface area (Å²) in [4.78, 5) is 4.33. The molecule has 1 aromatic rings. The van der Waals surface area contributed by atoms with Gasteiger partial charge in [0.25, 0.3) is 0 Å². The fourth-order valence-electron chi connectivity index (χ4n) is 1.68. The average molecular weight is 229 g/mol. The van der Waals surface area contributed by atoms with Crippen LogP contribution in [0.1, 0.15) is 24.5 Å². The maximum Gasteiger partial charge on any atom is 0.152 e. The molecule has 1 aromatic heterocycles. The summed E-state index contributed by atoms with van der Waals surface area (Å²) < 4.78 is 0. The molecule has 0 aromatic carbocycles. The van der Waals surface area contributed by atoms with Crippen LogP contribution in [0.3, 0.4) is 0 Å². The minimum Gasteiger partial charge on any atom is -0.396 e. The highest BCUT2D eigenvalue weighted by molar-refractivity contribution is 7.99. The van der Waals surface area contributed by atoms with Crippen LogP contribution in [0.2, 0.25) is 5.15 Å². The van der Waals surface area contributed by atoms with E-state index in [1.807, 2.05) is 23.9 Å². The lowest BCUT2D eigenvalue weighted by atomic mass is 9.98. The van der Waals surface area contributed by atoms with Crippen LogP contribution in [0.15, 0.2) is 12.1 Å². The molecule has 1 aliphatic heterocycles. The molecular weight excluding hydrogens is 216 g/mol. The lowest BCUT2D eigenvalue weighted by molar-refractivity contribution is 0.619. The van der Waals surface area contributed by atoms with E-state index in [1.54, 1.807) is 0 Å². The molecular formula is C10H13ClN2S. The number of aromatic nitrogens is 1. The molecule has 0 saturated carbocycles. The molecule has 0 atom stereocenters. The molecule has 76 valence electrons. The normalized spacial score (nSPS) is 18.4. The molecule has 4 heteroatoms. The Bertz CT molecular complexity index is 324. The first-order chi connectivity index (χ1) is 6.77. The fraction of sp³-hybridized carbons (Fsp3) is 0.500. The van der Waals surface area contributed by atoms with Crippen molar-refractivity contribution >= 4 is 29.1 Å². The minimum atomic E-state index is 0.445. The number of nitrogens with two attached hydrogens (primary N) is 1. The second kappa shape index (κ2) is 4.41. The Labute approximate surface area is 93.2 Å². The van der Waals surface area contributed by atoms with E-state index in [2.05, 4.69) is 4.98 Å². The molecule has 2 rings (SSSR count). The first-order valence-corrected chi connectivity index (χ1v) is 6.30. The Kier molecular flexibility index (Phi) is 3.19. The molecule has 14 heavy (non-hydrogen) atoms. The number of rotatable bonds is 1. The van der Waals surface area contributed by atoms with Gasteiger partial charge in [0.2, 0.25) is 0 Å². The molecule has 2 N–H and O–H groups in total. The maximum absolute atomic E-state index is 5.89. The van der Waals surface area contributed by atoms with Gasteiger partial charge in [0.05, 0.1) is 5.69 Å². The molecule has 0 spiro atoms. The largest absolute Gasteiger partial charge is 0.396 e. The second-order valence-electron chi connectivity index (χ2n) is 3.50. The molecule has 0 unspecified atom stereocenters. The van der Waals surface area contributed by atoms with Crippen molar-refractivity contribution in [3.63, 3.8) is 0 Å². The van der Waals surface area contributed by atoms with Gasteiger partial charge >= 0.3 is 0 Å². The predicted molar refractivity (Wildman–Crippen MR) is 63.0 cm³/mol. The van der Waals surface area contributed by atoms with Crippen molar-refractivity contribution in [2.24, 2.45) is 0 Å². The lowest BCUT2D eigenvalue weighted by Crippen LogP contribution is -2.09. The van der Waals surface area contributed by atoms with Crippen molar-refractivity contribution in [2.45, 2.75) is 18.8 Å². The van der Waals surface area contributed by atoms with Crippen molar-refractivity contribution in [1.29, 1.82) is 0 Å². The van der Waals surface area contributed by atoms with Gasteiger partial charge in [-0.3, -0.25) is 0 Å². The number of hydrogen-bond acceptors (Lipinski definition) is 3. The van der Waals surface area contributed by atoms with Crippen LogP contribution >= 0.6 is 23.4 Å². The molecule has 0 amide bonds. The minimum absolute atomic E-state index is 0.445. The number of thioether (sulfide) groups is 1. The van der Waals surface area contributed by atoms with Crippen molar-refractivity contribution in [3.05, 3.63) is 23.0 Å². The van der Waals surface area contributed by atoms with Gasteiger partial charge in [-0.1, -0.05) is 11.6 Å². The molecule has 1 aliphatic rings. The summed E-state index contributed by atoms with van der Waals surface area (Å²) in [5.74, 6) is 3.04. The summed E-state index contributed by atoms with van der Waals surface area (Å²) in [7, 11) is 0. The molecule has 0 radical (unpaired) electrons. The quantitative estimate of drug-likeness (QED) is 0.752. The van der Waals surface area contributed by atoms with Crippen LogP contribution in [0, 0.1) is 0 Å². The van der Waals surface area contributed by atoms with E-state index in [4.69, 9.17) is 17.3 Å². The van der Waals surface area contributed by atoms with E-state index in [0.717, 1.165) is 5.69 Å². The van der Waals surface area contributed by atoms with Gasteiger partial charge in [0.15, 0.2) is 5.15 Å². The van der Waals surface area contributed by atoms with E-state index >= 15 is 0 Å². The lowest BCUT2D eigenvalue weighted by Gasteiger charge is -2.20. The Balaban J connectivity index is 2.18. The van der Waals surface area contributed by atoms with Gasteiger partial charge in [-0.05, 0) is 36.5 Å². The van der Waals surface area contributed by atoms with Gasteiger partial charge in [0.1, 0.15) is 0 Å². The summed E-state index contributed by atoms with van der Waals surface area (Å²) in [5.41, 5.74) is 7.29. The van der Waals surface area contributed by atoms with Crippen molar-refractivity contribution in [2.75, 3.05) is 17.2 Å². The van der Waals surface area contributed by atoms with Gasteiger partial charge in [-0.25, -0.2) is 4.98 Å². The topological polar surface area (TPSA) is 38.9 Å². The molecule has 1 fully saturated rings. The molecule has 1 saturated heterocycles. The average Bonchev–Trinajstić information content (AvgIpc) is 2.23. The van der Waals surface area contributed by atoms with Crippen LogP contribution < -0.4 is 5.73 Å². The molecule has 2 heterocycles. The summed E-state index contributed by atoms with van der Waals surface area (Å²) in [6, 6.07) is 3.86. The first-order valence-electron chi connectivity index (χ1n) is 4.77. The van der Waals surface area contributed by atoms with Crippen LogP contribution in [-0.4, -0.2) is 16.5 Å². The predicted octanol–water partition coefficient (Wildman–Crippen LogP) is 2.93. The van der Waals surface area contributed by atoms with Crippen molar-refractivity contribution < 1.29 is 0 Å². The van der Waals surface area contributed by atoms with Crippen LogP contribution in [0.25, 0.3) is 0 Å². The van der Waals surface area contributed by atoms with Gasteiger partial charge in [-0.15, -0.1) is 0 Å². The highest BCUT2D eigenvalue weighted by Gasteiger charge is 2.17. The van der Waals surface area contributed by atoms with Gasteiger partial charge < -0.3 is 5.73 Å². The van der Waals surface area contributed by atoms with E-state index in [1.165, 1.54) is 24.3 Å². The summed E-state index contributed by atoms with van der Waals surface area (Å²) in [5, 5.41) is 0.445. The summed E-state index contributed by atoms with van der Waals surface area (Å²) in [6.07, 6.45) is 2.41. The van der Waals surface area contributed by atoms with Crippen molar-refractivity contribution in [1.82, 2.24) is 4.98 Å². The van der Waals surface area contributed by atoms with Crippen LogP contribution in [0.4, 0.5) is 5.69 Å². The van der Waals surface area contributed by atoms with Crippen LogP contribution in [0.5, 0.6) is 0 Å². The Hall–Kier alpha value is -0.410. The highest BCUT2D eigenvalue weighted by atomic mass is 35.5. The van der Waals surface area contributed by atoms with E-state index in [0.29, 0.717) is 16.8 Å². The SMILES string of the molecule is Nc1ccc(C2CCSCC2)nc1Cl. The number of anilines is 1. The zero-order chi connectivity index (χ0) is 9.97. The van der Waals surface area contributed by atoms with Gasteiger partial charge in [-0.2, -0.15) is 11.8 Å². The third-order valence-corrected chi connectivity index (χ3v) is 3.89. The number of pyridine rings is 1. The Morgan fingerprint density at radius 2 is 2.07 bits per heavy atom. The smallest absolute Gasteiger partial charge is 0.152 e.